The molecule has 0 amide bonds. The molecule has 0 aliphatic carbocycles. The number of hydrogen-bond donors (Lipinski definition) is 2. The Morgan fingerprint density at radius 3 is 2.69 bits per heavy atom. The summed E-state index contributed by atoms with van der Waals surface area (Å²) < 4.78 is 5.44. The summed E-state index contributed by atoms with van der Waals surface area (Å²) >= 11 is 0. The number of nitrogens with one attached hydrogen (secondary N) is 2. The molecule has 0 aliphatic rings. The maximum Gasteiger partial charge on any atom is 0.193 e. The minimum absolute atomic E-state index is 0.733. The van der Waals surface area contributed by atoms with E-state index in [0.717, 1.165) is 36.8 Å². The number of nitrogens with zero attached hydrogens (tertiary/aromatic N) is 2. The molecule has 0 atom stereocenters. The normalized spacial score (nSPS) is 11.6. The van der Waals surface area contributed by atoms with E-state index in [2.05, 4.69) is 56.7 Å². The Morgan fingerprint density at radius 1 is 1.12 bits per heavy atom. The molecule has 2 aromatic carbocycles. The summed E-state index contributed by atoms with van der Waals surface area (Å²) in [6.07, 6.45) is 3.03. The van der Waals surface area contributed by atoms with Gasteiger partial charge in [0.1, 0.15) is 5.75 Å². The van der Waals surface area contributed by atoms with Crippen LogP contribution >= 0.6 is 0 Å². The minimum atomic E-state index is 0.733. The third-order valence-electron chi connectivity index (χ3n) is 4.53. The molecular weight excluding hydrogens is 324 g/mol. The summed E-state index contributed by atoms with van der Waals surface area (Å²) in [6.45, 7) is 1.56. The summed E-state index contributed by atoms with van der Waals surface area (Å²) in [5.74, 6) is 1.77. The maximum atomic E-state index is 5.44. The number of methoxy groups -OCH3 is 1. The van der Waals surface area contributed by atoms with Gasteiger partial charge in [-0.2, -0.15) is 0 Å². The van der Waals surface area contributed by atoms with Crippen LogP contribution in [0.5, 0.6) is 5.75 Å². The van der Waals surface area contributed by atoms with Gasteiger partial charge < -0.3 is 19.9 Å². The van der Waals surface area contributed by atoms with Crippen LogP contribution in [0.2, 0.25) is 0 Å². The molecule has 2 N–H and O–H groups in total. The van der Waals surface area contributed by atoms with Crippen LogP contribution in [0, 0.1) is 0 Å². The standard InChI is InChI=1S/C21H26N4O/c1-22-21(25(2)15-17-8-4-7-11-20(17)26-3)23-13-12-16-14-24-19-10-6-5-9-18(16)19/h4-11,14,24H,12-13,15H2,1-3H3,(H,22,23). The van der Waals surface area contributed by atoms with Crippen LogP contribution in [0.25, 0.3) is 10.9 Å². The molecule has 0 radical (unpaired) electrons. The summed E-state index contributed by atoms with van der Waals surface area (Å²) in [4.78, 5) is 9.83. The van der Waals surface area contributed by atoms with Crippen molar-refractivity contribution in [2.45, 2.75) is 13.0 Å². The van der Waals surface area contributed by atoms with Crippen molar-refractivity contribution in [3.05, 3.63) is 65.9 Å². The van der Waals surface area contributed by atoms with Crippen molar-refractivity contribution in [1.29, 1.82) is 0 Å². The molecule has 0 saturated heterocycles. The van der Waals surface area contributed by atoms with E-state index in [1.807, 2.05) is 32.3 Å². The van der Waals surface area contributed by atoms with E-state index in [4.69, 9.17) is 4.74 Å². The van der Waals surface area contributed by atoms with E-state index in [-0.39, 0.29) is 0 Å². The highest BCUT2D eigenvalue weighted by molar-refractivity contribution is 5.83. The lowest BCUT2D eigenvalue weighted by Gasteiger charge is -2.23. The fraction of sp³-hybridized carbons (Fsp3) is 0.286. The van der Waals surface area contributed by atoms with Crippen molar-refractivity contribution in [3.63, 3.8) is 0 Å². The van der Waals surface area contributed by atoms with Gasteiger partial charge in [-0.3, -0.25) is 4.99 Å². The molecule has 1 heterocycles. The molecule has 1 aromatic heterocycles. The second-order valence-corrected chi connectivity index (χ2v) is 6.25. The van der Waals surface area contributed by atoms with Crippen LogP contribution in [0.3, 0.4) is 0 Å². The highest BCUT2D eigenvalue weighted by Crippen LogP contribution is 2.19. The van der Waals surface area contributed by atoms with E-state index in [1.54, 1.807) is 7.11 Å². The van der Waals surface area contributed by atoms with Crippen LogP contribution in [0.15, 0.2) is 59.7 Å². The van der Waals surface area contributed by atoms with Crippen molar-refractivity contribution in [2.75, 3.05) is 27.7 Å². The quantitative estimate of drug-likeness (QED) is 0.529. The van der Waals surface area contributed by atoms with Gasteiger partial charge in [-0.1, -0.05) is 36.4 Å². The second-order valence-electron chi connectivity index (χ2n) is 6.25. The molecule has 136 valence electrons. The number of benzene rings is 2. The molecule has 0 saturated carbocycles. The Balaban J connectivity index is 1.59. The van der Waals surface area contributed by atoms with Gasteiger partial charge in [0.15, 0.2) is 5.96 Å². The summed E-state index contributed by atoms with van der Waals surface area (Å²) in [6, 6.07) is 16.5. The molecule has 5 heteroatoms. The predicted octanol–water partition coefficient (Wildman–Crippen LogP) is 3.43. The van der Waals surface area contributed by atoms with Gasteiger partial charge in [-0.25, -0.2) is 0 Å². The molecule has 0 spiro atoms. The predicted molar refractivity (Wildman–Crippen MR) is 108 cm³/mol. The molecule has 0 unspecified atom stereocenters. The zero-order valence-electron chi connectivity index (χ0n) is 15.6. The first-order valence-corrected chi connectivity index (χ1v) is 8.81. The van der Waals surface area contributed by atoms with E-state index >= 15 is 0 Å². The number of aromatic amines is 1. The smallest absolute Gasteiger partial charge is 0.193 e. The molecule has 0 aliphatic heterocycles. The minimum Gasteiger partial charge on any atom is -0.496 e. The highest BCUT2D eigenvalue weighted by Gasteiger charge is 2.10. The lowest BCUT2D eigenvalue weighted by molar-refractivity contribution is 0.396. The lowest BCUT2D eigenvalue weighted by Crippen LogP contribution is -2.39. The molecular formula is C21H26N4O. The molecule has 26 heavy (non-hydrogen) atoms. The third kappa shape index (κ3) is 3.99. The van der Waals surface area contributed by atoms with Crippen molar-refractivity contribution >= 4 is 16.9 Å². The Labute approximate surface area is 154 Å². The molecule has 0 bridgehead atoms. The monoisotopic (exact) mass is 350 g/mol. The number of H-pyrrole nitrogens is 1. The van der Waals surface area contributed by atoms with Crippen molar-refractivity contribution in [2.24, 2.45) is 4.99 Å². The Bertz CT molecular complexity index is 884. The van der Waals surface area contributed by atoms with Crippen molar-refractivity contribution < 1.29 is 4.74 Å². The number of aliphatic imine (C=N–C) groups is 1. The maximum absolute atomic E-state index is 5.44. The number of rotatable bonds is 6. The molecule has 3 rings (SSSR count). The number of hydrogen-bond acceptors (Lipinski definition) is 2. The largest absolute Gasteiger partial charge is 0.496 e. The van der Waals surface area contributed by atoms with E-state index in [9.17, 15) is 0 Å². The van der Waals surface area contributed by atoms with E-state index < -0.39 is 0 Å². The number of para-hydroxylation sites is 2. The Kier molecular flexibility index (Phi) is 5.79. The number of guanidine groups is 1. The third-order valence-corrected chi connectivity index (χ3v) is 4.53. The van der Waals surface area contributed by atoms with Crippen LogP contribution in [-0.2, 0) is 13.0 Å². The van der Waals surface area contributed by atoms with Gasteiger partial charge >= 0.3 is 0 Å². The number of fused-ring (bicyclic) bond motifs is 1. The lowest BCUT2D eigenvalue weighted by atomic mass is 10.1. The Morgan fingerprint density at radius 2 is 1.88 bits per heavy atom. The SMILES string of the molecule is CN=C(NCCc1c[nH]c2ccccc12)N(C)Cc1ccccc1OC. The zero-order valence-corrected chi connectivity index (χ0v) is 15.6. The van der Waals surface area contributed by atoms with Crippen LogP contribution < -0.4 is 10.1 Å². The van der Waals surface area contributed by atoms with Gasteiger partial charge in [0, 0.05) is 49.8 Å². The zero-order chi connectivity index (χ0) is 18.4. The van der Waals surface area contributed by atoms with Gasteiger partial charge in [-0.05, 0) is 24.1 Å². The average Bonchev–Trinajstić information content (AvgIpc) is 3.09. The molecule has 0 fully saturated rings. The van der Waals surface area contributed by atoms with Crippen LogP contribution in [0.4, 0.5) is 0 Å². The first-order valence-electron chi connectivity index (χ1n) is 8.81. The summed E-state index contributed by atoms with van der Waals surface area (Å²) in [5, 5.41) is 4.74. The van der Waals surface area contributed by atoms with Crippen LogP contribution in [-0.4, -0.2) is 43.6 Å². The summed E-state index contributed by atoms with van der Waals surface area (Å²) in [5.41, 5.74) is 3.63. The van der Waals surface area contributed by atoms with Crippen molar-refractivity contribution in [1.82, 2.24) is 15.2 Å². The van der Waals surface area contributed by atoms with Crippen LogP contribution in [0.1, 0.15) is 11.1 Å². The van der Waals surface area contributed by atoms with Crippen molar-refractivity contribution in [3.8, 4) is 5.75 Å². The average molecular weight is 350 g/mol. The molecule has 3 aromatic rings. The molecule has 5 nitrogen and oxygen atoms in total. The fourth-order valence-corrected chi connectivity index (χ4v) is 3.20. The van der Waals surface area contributed by atoms with Gasteiger partial charge in [-0.15, -0.1) is 0 Å². The Hall–Kier alpha value is -2.95. The first-order chi connectivity index (χ1) is 12.7. The second kappa shape index (κ2) is 8.43. The van der Waals surface area contributed by atoms with E-state index in [0.29, 0.717) is 0 Å². The number of aromatic nitrogens is 1. The van der Waals surface area contributed by atoms with Gasteiger partial charge in [0.05, 0.1) is 7.11 Å². The number of ether oxygens (including phenoxy) is 1. The topological polar surface area (TPSA) is 52.7 Å². The highest BCUT2D eigenvalue weighted by atomic mass is 16.5. The summed E-state index contributed by atoms with van der Waals surface area (Å²) in [7, 11) is 5.55. The van der Waals surface area contributed by atoms with Gasteiger partial charge in [0.2, 0.25) is 0 Å². The fourth-order valence-electron chi connectivity index (χ4n) is 3.20. The first kappa shape index (κ1) is 17.9. The van der Waals surface area contributed by atoms with Gasteiger partial charge in [0.25, 0.3) is 0 Å². The van der Waals surface area contributed by atoms with E-state index in [1.165, 1.54) is 16.5 Å².